The van der Waals surface area contributed by atoms with Crippen LogP contribution >= 0.6 is 11.6 Å². The molecule has 59 heavy (non-hydrogen) atoms. The van der Waals surface area contributed by atoms with Crippen LogP contribution in [0.1, 0.15) is 0 Å². The Bertz CT molecular complexity index is 3040. The third kappa shape index (κ3) is 7.48. The van der Waals surface area contributed by atoms with Gasteiger partial charge in [0, 0.05) is 33.4 Å². The van der Waals surface area contributed by atoms with Crippen molar-refractivity contribution in [1.82, 2.24) is 29.9 Å². The van der Waals surface area contributed by atoms with Crippen molar-refractivity contribution in [1.29, 1.82) is 0 Å². The summed E-state index contributed by atoms with van der Waals surface area (Å²) in [7, 11) is 0. The fraction of sp³-hybridized carbons (Fsp3) is 0. The quantitative estimate of drug-likeness (QED) is 0.153. The van der Waals surface area contributed by atoms with E-state index in [1.807, 2.05) is 115 Å². The van der Waals surface area contributed by atoms with Crippen molar-refractivity contribution in [2.75, 3.05) is 0 Å². The lowest BCUT2D eigenvalue weighted by Crippen LogP contribution is -2.01. The highest BCUT2D eigenvalue weighted by Gasteiger charge is 2.17. The Labute approximate surface area is 346 Å². The van der Waals surface area contributed by atoms with Crippen LogP contribution in [0.15, 0.2) is 200 Å². The zero-order chi connectivity index (χ0) is 39.5. The molecule has 278 valence electrons. The molecule has 0 spiro atoms. The van der Waals surface area contributed by atoms with E-state index < -0.39 is 0 Å². The molecule has 2 aromatic heterocycles. The Morgan fingerprint density at radius 1 is 0.237 bits per heavy atom. The van der Waals surface area contributed by atoms with Crippen LogP contribution in [-0.2, 0) is 0 Å². The molecule has 8 aromatic carbocycles. The van der Waals surface area contributed by atoms with Gasteiger partial charge in [0.05, 0.1) is 5.02 Å². The highest BCUT2D eigenvalue weighted by atomic mass is 35.5. The number of rotatable bonds is 8. The Morgan fingerprint density at radius 3 is 1.15 bits per heavy atom. The van der Waals surface area contributed by atoms with Crippen molar-refractivity contribution in [3.05, 3.63) is 205 Å². The second-order valence-electron chi connectivity index (χ2n) is 14.1. The molecule has 6 nitrogen and oxygen atoms in total. The fourth-order valence-corrected chi connectivity index (χ4v) is 7.41. The summed E-state index contributed by atoms with van der Waals surface area (Å²) in [6.07, 6.45) is 0. The number of benzene rings is 8. The van der Waals surface area contributed by atoms with Crippen LogP contribution in [0.4, 0.5) is 0 Å². The van der Waals surface area contributed by atoms with E-state index in [1.54, 1.807) is 0 Å². The molecule has 0 saturated carbocycles. The Morgan fingerprint density at radius 2 is 0.610 bits per heavy atom. The SMILES string of the molecule is Clc1ccccc1-c1nc(-c2ccccc2)nc(-c2cc(-c3ccc(-c4nc(-c5ccccc5)nc(-c5ccccc5)n4)cc3)cc(-c3ccc4ccccc4c3)c2)n1. The van der Waals surface area contributed by atoms with Crippen LogP contribution in [0.5, 0.6) is 0 Å². The van der Waals surface area contributed by atoms with E-state index in [0.717, 1.165) is 61.0 Å². The van der Waals surface area contributed by atoms with Crippen molar-refractivity contribution >= 4 is 22.4 Å². The predicted molar refractivity (Wildman–Crippen MR) is 239 cm³/mol. The molecule has 0 N–H and O–H groups in total. The molecule has 10 aromatic rings. The first-order valence-corrected chi connectivity index (χ1v) is 19.7. The maximum absolute atomic E-state index is 6.74. The molecule has 0 unspecified atom stereocenters. The molecular weight excluding hydrogens is 744 g/mol. The van der Waals surface area contributed by atoms with Crippen LogP contribution in [0.2, 0.25) is 5.02 Å². The first kappa shape index (κ1) is 35.7. The third-order valence-electron chi connectivity index (χ3n) is 10.2. The smallest absolute Gasteiger partial charge is 0.165 e. The molecule has 0 amide bonds. The molecule has 0 aliphatic carbocycles. The van der Waals surface area contributed by atoms with E-state index in [-0.39, 0.29) is 0 Å². The number of fused-ring (bicyclic) bond motifs is 1. The van der Waals surface area contributed by atoms with Crippen molar-refractivity contribution in [3.8, 4) is 90.6 Å². The summed E-state index contributed by atoms with van der Waals surface area (Å²) in [5.74, 6) is 3.45. The van der Waals surface area contributed by atoms with Gasteiger partial charge in [-0.2, -0.15) is 0 Å². The van der Waals surface area contributed by atoms with Crippen molar-refractivity contribution in [2.24, 2.45) is 0 Å². The second-order valence-corrected chi connectivity index (χ2v) is 14.5. The average molecular weight is 777 g/mol. The minimum absolute atomic E-state index is 0.503. The fourth-order valence-electron chi connectivity index (χ4n) is 7.19. The topological polar surface area (TPSA) is 77.3 Å². The van der Waals surface area contributed by atoms with Gasteiger partial charge in [0.15, 0.2) is 34.9 Å². The molecule has 0 saturated heterocycles. The Hall–Kier alpha value is -7.67. The van der Waals surface area contributed by atoms with Crippen LogP contribution in [0.25, 0.3) is 101 Å². The zero-order valence-corrected chi connectivity index (χ0v) is 32.4. The normalized spacial score (nSPS) is 11.1. The Balaban J connectivity index is 1.12. The van der Waals surface area contributed by atoms with E-state index in [0.29, 0.717) is 40.0 Å². The van der Waals surface area contributed by atoms with E-state index in [9.17, 15) is 0 Å². The van der Waals surface area contributed by atoms with Gasteiger partial charge in [-0.1, -0.05) is 175 Å². The summed E-state index contributed by atoms with van der Waals surface area (Å²) in [5, 5.41) is 2.91. The summed E-state index contributed by atoms with van der Waals surface area (Å²) in [4.78, 5) is 29.8. The molecule has 0 atom stereocenters. The summed E-state index contributed by atoms with van der Waals surface area (Å²) >= 11 is 6.74. The van der Waals surface area contributed by atoms with Gasteiger partial charge in [0.2, 0.25) is 0 Å². The maximum Gasteiger partial charge on any atom is 0.165 e. The monoisotopic (exact) mass is 776 g/mol. The van der Waals surface area contributed by atoms with E-state index in [2.05, 4.69) is 84.9 Å². The third-order valence-corrected chi connectivity index (χ3v) is 10.6. The Kier molecular flexibility index (Phi) is 9.50. The highest BCUT2D eigenvalue weighted by molar-refractivity contribution is 6.33. The van der Waals surface area contributed by atoms with E-state index in [1.165, 1.54) is 5.39 Å². The summed E-state index contributed by atoms with van der Waals surface area (Å²) < 4.78 is 0. The average Bonchev–Trinajstić information content (AvgIpc) is 3.32. The molecule has 10 rings (SSSR count). The summed E-state index contributed by atoms with van der Waals surface area (Å²) in [5.41, 5.74) is 9.33. The molecule has 7 heteroatoms. The standard InChI is InChI=1S/C52H33ClN6/c53-46-23-13-12-22-45(46)52-58-49(38-19-8-3-9-20-38)57-51(59-52)44-32-42(31-43(33-44)41-29-26-34-14-10-11-21-40(34)30-41)35-24-27-39(28-25-35)50-55-47(36-15-4-1-5-16-36)54-48(56-50)37-17-6-2-7-18-37/h1-33H. The van der Waals surface area contributed by atoms with Gasteiger partial charge < -0.3 is 0 Å². The summed E-state index contributed by atoms with van der Waals surface area (Å²) in [6.45, 7) is 0. The molecule has 2 heterocycles. The second kappa shape index (κ2) is 15.7. The molecule has 0 fully saturated rings. The van der Waals surface area contributed by atoms with Gasteiger partial charge in [-0.25, -0.2) is 29.9 Å². The van der Waals surface area contributed by atoms with Gasteiger partial charge >= 0.3 is 0 Å². The lowest BCUT2D eigenvalue weighted by Gasteiger charge is -2.13. The van der Waals surface area contributed by atoms with E-state index >= 15 is 0 Å². The first-order chi connectivity index (χ1) is 29.1. The lowest BCUT2D eigenvalue weighted by molar-refractivity contribution is 1.07. The van der Waals surface area contributed by atoms with Gasteiger partial charge in [-0.05, 0) is 69.4 Å². The number of halogens is 1. The molecule has 0 aliphatic heterocycles. The first-order valence-electron chi connectivity index (χ1n) is 19.3. The lowest BCUT2D eigenvalue weighted by atomic mass is 9.94. The minimum Gasteiger partial charge on any atom is -0.208 e. The number of hydrogen-bond acceptors (Lipinski definition) is 6. The largest absolute Gasteiger partial charge is 0.208 e. The highest BCUT2D eigenvalue weighted by Crippen LogP contribution is 2.36. The molecule has 0 bridgehead atoms. The van der Waals surface area contributed by atoms with Crippen LogP contribution in [-0.4, -0.2) is 29.9 Å². The molecule has 0 aliphatic rings. The van der Waals surface area contributed by atoms with Crippen molar-refractivity contribution in [2.45, 2.75) is 0 Å². The van der Waals surface area contributed by atoms with Crippen molar-refractivity contribution < 1.29 is 0 Å². The number of hydrogen-bond donors (Lipinski definition) is 0. The van der Waals surface area contributed by atoms with Crippen LogP contribution in [0, 0.1) is 0 Å². The van der Waals surface area contributed by atoms with Gasteiger partial charge in [0.25, 0.3) is 0 Å². The predicted octanol–water partition coefficient (Wildman–Crippen LogP) is 13.2. The van der Waals surface area contributed by atoms with Crippen LogP contribution in [0.3, 0.4) is 0 Å². The minimum atomic E-state index is 0.503. The van der Waals surface area contributed by atoms with Gasteiger partial charge in [-0.15, -0.1) is 0 Å². The van der Waals surface area contributed by atoms with Crippen molar-refractivity contribution in [3.63, 3.8) is 0 Å². The van der Waals surface area contributed by atoms with Gasteiger partial charge in [-0.3, -0.25) is 0 Å². The van der Waals surface area contributed by atoms with E-state index in [4.69, 9.17) is 41.5 Å². The maximum atomic E-state index is 6.74. The molecular formula is C52H33ClN6. The number of aromatic nitrogens is 6. The number of nitrogens with zero attached hydrogens (tertiary/aromatic N) is 6. The van der Waals surface area contributed by atoms with Crippen LogP contribution < -0.4 is 0 Å². The zero-order valence-electron chi connectivity index (χ0n) is 31.6. The van der Waals surface area contributed by atoms with Gasteiger partial charge in [0.1, 0.15) is 0 Å². The summed E-state index contributed by atoms with van der Waals surface area (Å²) in [6, 6.07) is 67.5. The molecule has 0 radical (unpaired) electrons.